The van der Waals surface area contributed by atoms with Crippen LogP contribution in [0.25, 0.3) is 0 Å². The molecule has 3 N–H and O–H groups in total. The Morgan fingerprint density at radius 3 is 2.47 bits per heavy atom. The van der Waals surface area contributed by atoms with Crippen LogP contribution in [-0.4, -0.2) is 18.4 Å². The van der Waals surface area contributed by atoms with Gasteiger partial charge >= 0.3 is 0 Å². The number of primary amides is 1. The summed E-state index contributed by atoms with van der Waals surface area (Å²) in [4.78, 5) is 21.7. The van der Waals surface area contributed by atoms with Crippen LogP contribution < -0.4 is 11.1 Å². The van der Waals surface area contributed by atoms with Crippen molar-refractivity contribution < 1.29 is 9.59 Å². The zero-order valence-corrected chi connectivity index (χ0v) is 8.40. The summed E-state index contributed by atoms with van der Waals surface area (Å²) in [5.74, 6) is -0.502. The van der Waals surface area contributed by atoms with Crippen LogP contribution in [-0.2, 0) is 16.0 Å². The molecule has 0 saturated heterocycles. The molecule has 0 aromatic heterocycles. The SMILES string of the molecule is NC(=O)CCNC(=O)Cc1ccccc1. The lowest BCUT2D eigenvalue weighted by atomic mass is 10.1. The van der Waals surface area contributed by atoms with Gasteiger partial charge in [0.05, 0.1) is 6.42 Å². The lowest BCUT2D eigenvalue weighted by Crippen LogP contribution is -2.29. The van der Waals surface area contributed by atoms with E-state index in [2.05, 4.69) is 5.32 Å². The molecule has 4 heteroatoms. The molecule has 0 saturated carbocycles. The first kappa shape index (κ1) is 11.2. The van der Waals surface area contributed by atoms with E-state index in [0.29, 0.717) is 13.0 Å². The van der Waals surface area contributed by atoms with Crippen LogP contribution in [0.15, 0.2) is 30.3 Å². The van der Waals surface area contributed by atoms with Gasteiger partial charge in [0, 0.05) is 13.0 Å². The molecule has 1 aromatic carbocycles. The van der Waals surface area contributed by atoms with E-state index in [-0.39, 0.29) is 12.3 Å². The first-order valence-corrected chi connectivity index (χ1v) is 4.77. The monoisotopic (exact) mass is 206 g/mol. The van der Waals surface area contributed by atoms with Gasteiger partial charge in [-0.05, 0) is 5.56 Å². The predicted octanol–water partition coefficient (Wildman–Crippen LogP) is 0.221. The third-order valence-corrected chi connectivity index (χ3v) is 1.90. The Hall–Kier alpha value is -1.84. The summed E-state index contributed by atoms with van der Waals surface area (Å²) in [6.07, 6.45) is 0.514. The van der Waals surface area contributed by atoms with Crippen molar-refractivity contribution in [3.8, 4) is 0 Å². The molecule has 4 nitrogen and oxygen atoms in total. The van der Waals surface area contributed by atoms with Crippen molar-refractivity contribution in [2.45, 2.75) is 12.8 Å². The predicted molar refractivity (Wildman–Crippen MR) is 57.0 cm³/mol. The molecule has 1 aromatic rings. The van der Waals surface area contributed by atoms with Gasteiger partial charge < -0.3 is 11.1 Å². The Kier molecular flexibility index (Phi) is 4.34. The second-order valence-corrected chi connectivity index (χ2v) is 3.23. The van der Waals surface area contributed by atoms with Crippen LogP contribution in [0.4, 0.5) is 0 Å². The summed E-state index contributed by atoms with van der Waals surface area (Å²) in [6, 6.07) is 9.42. The standard InChI is InChI=1S/C11H14N2O2/c12-10(14)6-7-13-11(15)8-9-4-2-1-3-5-9/h1-5H,6-8H2,(H2,12,14)(H,13,15). The van der Waals surface area contributed by atoms with E-state index in [1.165, 1.54) is 0 Å². The maximum Gasteiger partial charge on any atom is 0.224 e. The van der Waals surface area contributed by atoms with Crippen LogP contribution in [0, 0.1) is 0 Å². The summed E-state index contributed by atoms with van der Waals surface area (Å²) in [6.45, 7) is 0.307. The summed E-state index contributed by atoms with van der Waals surface area (Å²) in [7, 11) is 0. The summed E-state index contributed by atoms with van der Waals surface area (Å²) in [5.41, 5.74) is 5.89. The second-order valence-electron chi connectivity index (χ2n) is 3.23. The lowest BCUT2D eigenvalue weighted by Gasteiger charge is -2.03. The van der Waals surface area contributed by atoms with Crippen LogP contribution in [0.2, 0.25) is 0 Å². The molecule has 80 valence electrons. The molecule has 1 rings (SSSR count). The number of carbonyl (C=O) groups is 2. The highest BCUT2D eigenvalue weighted by Crippen LogP contribution is 1.98. The van der Waals surface area contributed by atoms with Gasteiger partial charge in [0.2, 0.25) is 11.8 Å². The number of nitrogens with two attached hydrogens (primary N) is 1. The maximum absolute atomic E-state index is 11.3. The number of hydrogen-bond acceptors (Lipinski definition) is 2. The quantitative estimate of drug-likeness (QED) is 0.723. The van der Waals surface area contributed by atoms with Gasteiger partial charge in [0.25, 0.3) is 0 Å². The smallest absolute Gasteiger partial charge is 0.224 e. The van der Waals surface area contributed by atoms with Crippen LogP contribution in [0.3, 0.4) is 0 Å². The van der Waals surface area contributed by atoms with Gasteiger partial charge in [-0.15, -0.1) is 0 Å². The van der Waals surface area contributed by atoms with Gasteiger partial charge in [-0.25, -0.2) is 0 Å². The molecule has 0 heterocycles. The van der Waals surface area contributed by atoms with Crippen LogP contribution >= 0.6 is 0 Å². The lowest BCUT2D eigenvalue weighted by molar-refractivity contribution is -0.120. The molecule has 0 radical (unpaired) electrons. The van der Waals surface area contributed by atoms with Crippen molar-refractivity contribution >= 4 is 11.8 Å². The molecule has 0 aliphatic heterocycles. The van der Waals surface area contributed by atoms with E-state index in [4.69, 9.17) is 5.73 Å². The molecule has 2 amide bonds. The molecular formula is C11H14N2O2. The van der Waals surface area contributed by atoms with Crippen molar-refractivity contribution in [3.05, 3.63) is 35.9 Å². The fraction of sp³-hybridized carbons (Fsp3) is 0.273. The summed E-state index contributed by atoms with van der Waals surface area (Å²) >= 11 is 0. The van der Waals surface area contributed by atoms with Gasteiger partial charge in [0.1, 0.15) is 0 Å². The minimum Gasteiger partial charge on any atom is -0.370 e. The molecule has 0 bridgehead atoms. The zero-order valence-electron chi connectivity index (χ0n) is 8.40. The van der Waals surface area contributed by atoms with E-state index in [1.54, 1.807) is 0 Å². The van der Waals surface area contributed by atoms with Crippen molar-refractivity contribution in [1.29, 1.82) is 0 Å². The molecule has 0 aliphatic rings. The van der Waals surface area contributed by atoms with E-state index in [9.17, 15) is 9.59 Å². The average molecular weight is 206 g/mol. The number of amides is 2. The highest BCUT2D eigenvalue weighted by atomic mass is 16.2. The fourth-order valence-corrected chi connectivity index (χ4v) is 1.17. The van der Waals surface area contributed by atoms with Crippen molar-refractivity contribution in [2.75, 3.05) is 6.54 Å². The Labute approximate surface area is 88.5 Å². The first-order valence-electron chi connectivity index (χ1n) is 4.77. The number of carbonyl (C=O) groups excluding carboxylic acids is 2. The molecule has 0 unspecified atom stereocenters. The van der Waals surface area contributed by atoms with Crippen molar-refractivity contribution in [3.63, 3.8) is 0 Å². The molecule has 0 fully saturated rings. The normalized spacial score (nSPS) is 9.60. The van der Waals surface area contributed by atoms with Crippen molar-refractivity contribution in [2.24, 2.45) is 5.73 Å². The minimum absolute atomic E-state index is 0.0950. The minimum atomic E-state index is -0.407. The highest BCUT2D eigenvalue weighted by molar-refractivity contribution is 5.79. The average Bonchev–Trinajstić information content (AvgIpc) is 2.18. The van der Waals surface area contributed by atoms with E-state index >= 15 is 0 Å². The highest BCUT2D eigenvalue weighted by Gasteiger charge is 2.02. The third-order valence-electron chi connectivity index (χ3n) is 1.90. The summed E-state index contributed by atoms with van der Waals surface area (Å²) < 4.78 is 0. The largest absolute Gasteiger partial charge is 0.370 e. The van der Waals surface area contributed by atoms with Gasteiger partial charge in [-0.1, -0.05) is 30.3 Å². The van der Waals surface area contributed by atoms with Crippen LogP contribution in [0.1, 0.15) is 12.0 Å². The van der Waals surface area contributed by atoms with E-state index in [1.807, 2.05) is 30.3 Å². The fourth-order valence-electron chi connectivity index (χ4n) is 1.17. The Balaban J connectivity index is 2.28. The molecule has 0 atom stereocenters. The maximum atomic E-state index is 11.3. The Morgan fingerprint density at radius 2 is 1.87 bits per heavy atom. The molecule has 0 aliphatic carbocycles. The number of benzene rings is 1. The summed E-state index contributed by atoms with van der Waals surface area (Å²) in [5, 5.41) is 2.62. The van der Waals surface area contributed by atoms with Gasteiger partial charge in [-0.2, -0.15) is 0 Å². The Morgan fingerprint density at radius 1 is 1.20 bits per heavy atom. The van der Waals surface area contributed by atoms with Crippen LogP contribution in [0.5, 0.6) is 0 Å². The first-order chi connectivity index (χ1) is 7.18. The molecule has 0 spiro atoms. The van der Waals surface area contributed by atoms with Gasteiger partial charge in [0.15, 0.2) is 0 Å². The molecule has 15 heavy (non-hydrogen) atoms. The van der Waals surface area contributed by atoms with Gasteiger partial charge in [-0.3, -0.25) is 9.59 Å². The third kappa shape index (κ3) is 4.81. The second kappa shape index (κ2) is 5.80. The zero-order chi connectivity index (χ0) is 11.1. The van der Waals surface area contributed by atoms with E-state index in [0.717, 1.165) is 5.56 Å². The number of nitrogens with one attached hydrogen (secondary N) is 1. The topological polar surface area (TPSA) is 72.2 Å². The number of rotatable bonds is 5. The molecular weight excluding hydrogens is 192 g/mol. The Bertz CT molecular complexity index is 336. The van der Waals surface area contributed by atoms with E-state index < -0.39 is 5.91 Å². The number of hydrogen-bond donors (Lipinski definition) is 2. The van der Waals surface area contributed by atoms with Crippen molar-refractivity contribution in [1.82, 2.24) is 5.32 Å².